The average Bonchev–Trinajstić information content (AvgIpc) is 1.95. The van der Waals surface area contributed by atoms with Gasteiger partial charge in [0.05, 0.1) is 0 Å². The zero-order valence-corrected chi connectivity index (χ0v) is 17.7. The number of hydrogen-bond acceptors (Lipinski definition) is 1. The first-order valence-electron chi connectivity index (χ1n) is 6.78. The van der Waals surface area contributed by atoms with E-state index in [0.29, 0.717) is 3.91 Å². The number of hydrogen-bond donors (Lipinski definition) is 1. The van der Waals surface area contributed by atoms with Crippen molar-refractivity contribution in [3.05, 3.63) is 0 Å². The van der Waals surface area contributed by atoms with Crippen LogP contribution in [0.3, 0.4) is 0 Å². The molecule has 0 aromatic heterocycles. The van der Waals surface area contributed by atoms with Crippen LogP contribution < -0.4 is 0 Å². The van der Waals surface area contributed by atoms with Gasteiger partial charge in [0, 0.05) is 24.2 Å². The fraction of sp³-hybridized carbons (Fsp3) is 1.00. The first-order valence-corrected chi connectivity index (χ1v) is 18.9. The summed E-state index contributed by atoms with van der Waals surface area (Å²) >= 11 is 0. The quantitative estimate of drug-likeness (QED) is 0.748. The van der Waals surface area contributed by atoms with Crippen molar-refractivity contribution in [3.63, 3.8) is 0 Å². The van der Waals surface area contributed by atoms with Crippen molar-refractivity contribution in [3.8, 4) is 0 Å². The van der Waals surface area contributed by atoms with Crippen LogP contribution in [0.2, 0.25) is 68.9 Å². The third kappa shape index (κ3) is 2.88. The van der Waals surface area contributed by atoms with Crippen LogP contribution in [-0.2, 0) is 0 Å². The topological polar surface area (TPSA) is 20.2 Å². The molecule has 0 aliphatic carbocycles. The fourth-order valence-electron chi connectivity index (χ4n) is 4.94. The molecule has 0 atom stereocenters. The van der Waals surface area contributed by atoms with Crippen LogP contribution in [0.5, 0.6) is 0 Å². The third-order valence-corrected chi connectivity index (χ3v) is 35.3. The Bertz CT molecular complexity index is 221. The zero-order valence-electron chi connectivity index (χ0n) is 13.7. The monoisotopic (exact) mass is 305 g/mol. The van der Waals surface area contributed by atoms with Gasteiger partial charge in [-0.15, -0.1) is 0 Å². The van der Waals surface area contributed by atoms with Crippen molar-refractivity contribution < 1.29 is 4.80 Å². The highest BCUT2D eigenvalue weighted by Crippen LogP contribution is 2.55. The van der Waals surface area contributed by atoms with E-state index in [0.717, 1.165) is 6.04 Å². The Balaban J connectivity index is 6.13. The van der Waals surface area contributed by atoms with E-state index in [1.165, 1.54) is 0 Å². The van der Waals surface area contributed by atoms with Crippen LogP contribution in [0.25, 0.3) is 0 Å². The lowest BCUT2D eigenvalue weighted by Crippen LogP contribution is -2.72. The van der Waals surface area contributed by atoms with E-state index in [-0.39, 0.29) is 0 Å². The van der Waals surface area contributed by atoms with Crippen molar-refractivity contribution in [1.29, 1.82) is 0 Å². The molecule has 0 fully saturated rings. The Morgan fingerprint density at radius 2 is 1.00 bits per heavy atom. The molecular formula is C12H33OSi4. The summed E-state index contributed by atoms with van der Waals surface area (Å²) in [6.45, 7) is 24.7. The van der Waals surface area contributed by atoms with Gasteiger partial charge in [0.1, 0.15) is 0 Å². The van der Waals surface area contributed by atoms with Crippen molar-refractivity contribution >= 4 is 33.3 Å². The van der Waals surface area contributed by atoms with E-state index < -0.39 is 33.3 Å². The lowest BCUT2D eigenvalue weighted by Gasteiger charge is -2.60. The second-order valence-electron chi connectivity index (χ2n) is 8.30. The molecule has 0 spiro atoms. The first kappa shape index (κ1) is 17.8. The molecule has 0 heterocycles. The predicted octanol–water partition coefficient (Wildman–Crippen LogP) is 4.36. The van der Waals surface area contributed by atoms with Gasteiger partial charge in [-0.05, 0) is 9.95 Å². The Kier molecular flexibility index (Phi) is 5.32. The molecular weight excluding hydrogens is 272 g/mol. The molecule has 0 bridgehead atoms. The van der Waals surface area contributed by atoms with Gasteiger partial charge in [-0.25, -0.2) is 0 Å². The van der Waals surface area contributed by atoms with E-state index in [4.69, 9.17) is 0 Å². The normalized spacial score (nSPS) is 15.5. The van der Waals surface area contributed by atoms with Crippen molar-refractivity contribution in [1.82, 2.24) is 0 Å². The molecule has 0 rings (SSSR count). The summed E-state index contributed by atoms with van der Waals surface area (Å²) in [5, 5.41) is 0. The highest BCUT2D eigenvalue weighted by molar-refractivity contribution is 7.25. The van der Waals surface area contributed by atoms with Crippen LogP contribution in [0, 0.1) is 0 Å². The van der Waals surface area contributed by atoms with Crippen LogP contribution in [0.15, 0.2) is 0 Å². The maximum Gasteiger partial charge on any atom is 0.204 e. The van der Waals surface area contributed by atoms with Gasteiger partial charge in [-0.2, -0.15) is 0 Å². The average molecular weight is 306 g/mol. The van der Waals surface area contributed by atoms with Gasteiger partial charge < -0.3 is 4.80 Å². The highest BCUT2D eigenvalue weighted by atomic mass is 28.5. The molecule has 1 radical (unpaired) electrons. The predicted molar refractivity (Wildman–Crippen MR) is 91.2 cm³/mol. The molecule has 0 unspecified atom stereocenters. The Morgan fingerprint density at radius 3 is 1.06 bits per heavy atom. The second kappa shape index (κ2) is 5.07. The largest absolute Gasteiger partial charge is 0.432 e. The van der Waals surface area contributed by atoms with Gasteiger partial charge in [0.25, 0.3) is 0 Å². The molecule has 0 saturated heterocycles. The smallest absolute Gasteiger partial charge is 0.204 e. The molecule has 1 N–H and O–H groups in total. The standard InChI is InChI=1S/C12H33OSi4/c1-11-14(13)12(15(2,3)4,16(5,6)7)17(8,9)10/h13H,11H2,1-10H3. The summed E-state index contributed by atoms with van der Waals surface area (Å²) in [6.07, 6.45) is 0. The molecule has 17 heavy (non-hydrogen) atoms. The molecule has 0 aromatic rings. The summed E-state index contributed by atoms with van der Waals surface area (Å²) in [5.41, 5.74) is 0. The summed E-state index contributed by atoms with van der Waals surface area (Å²) in [5.74, 6) is 0. The zero-order chi connectivity index (χ0) is 14.3. The SMILES string of the molecule is CC[Si](O)C([Si](C)(C)C)([Si](C)(C)C)[Si](C)(C)C. The molecule has 0 saturated carbocycles. The third-order valence-electron chi connectivity index (χ3n) is 4.14. The van der Waals surface area contributed by atoms with E-state index in [2.05, 4.69) is 65.8 Å². The Labute approximate surface area is 114 Å². The second-order valence-corrected chi connectivity index (χ2v) is 29.4. The summed E-state index contributed by atoms with van der Waals surface area (Å²) in [6, 6.07) is 1.02. The van der Waals surface area contributed by atoms with E-state index >= 15 is 0 Å². The van der Waals surface area contributed by atoms with E-state index in [9.17, 15) is 4.80 Å². The summed E-state index contributed by atoms with van der Waals surface area (Å²) < 4.78 is 0.395. The van der Waals surface area contributed by atoms with Gasteiger partial charge in [-0.3, -0.25) is 0 Å². The van der Waals surface area contributed by atoms with E-state index in [1.807, 2.05) is 0 Å². The summed E-state index contributed by atoms with van der Waals surface area (Å²) in [4.78, 5) is 11.0. The number of rotatable bonds is 5. The lowest BCUT2D eigenvalue weighted by molar-refractivity contribution is 0.563. The maximum atomic E-state index is 11.0. The van der Waals surface area contributed by atoms with Crippen LogP contribution in [-0.4, -0.2) is 38.1 Å². The van der Waals surface area contributed by atoms with Gasteiger partial charge in [-0.1, -0.05) is 65.8 Å². The van der Waals surface area contributed by atoms with Gasteiger partial charge >= 0.3 is 0 Å². The Hall–Kier alpha value is 0.828. The minimum Gasteiger partial charge on any atom is -0.432 e. The molecule has 1 nitrogen and oxygen atoms in total. The molecule has 0 aliphatic heterocycles. The van der Waals surface area contributed by atoms with Crippen LogP contribution >= 0.6 is 0 Å². The van der Waals surface area contributed by atoms with Crippen LogP contribution in [0.1, 0.15) is 6.92 Å². The minimum absolute atomic E-state index is 0.395. The van der Waals surface area contributed by atoms with Crippen molar-refractivity contribution in [2.24, 2.45) is 0 Å². The summed E-state index contributed by atoms with van der Waals surface area (Å²) in [7, 11) is -5.33. The van der Waals surface area contributed by atoms with Gasteiger partial charge in [0.15, 0.2) is 0 Å². The van der Waals surface area contributed by atoms with Crippen LogP contribution in [0.4, 0.5) is 0 Å². The minimum atomic E-state index is -1.37. The van der Waals surface area contributed by atoms with Gasteiger partial charge in [0.2, 0.25) is 9.04 Å². The first-order chi connectivity index (χ1) is 7.23. The lowest BCUT2D eigenvalue weighted by atomic mass is 11.0. The molecule has 0 amide bonds. The molecule has 0 aromatic carbocycles. The molecule has 103 valence electrons. The fourth-order valence-corrected chi connectivity index (χ4v) is 44.4. The van der Waals surface area contributed by atoms with Crippen molar-refractivity contribution in [2.45, 2.75) is 75.8 Å². The molecule has 0 aliphatic rings. The Morgan fingerprint density at radius 1 is 0.765 bits per heavy atom. The molecule has 5 heteroatoms. The highest BCUT2D eigenvalue weighted by Gasteiger charge is 2.63. The van der Waals surface area contributed by atoms with Crippen molar-refractivity contribution in [2.75, 3.05) is 0 Å². The maximum absolute atomic E-state index is 11.0. The van der Waals surface area contributed by atoms with E-state index in [1.54, 1.807) is 0 Å².